The van der Waals surface area contributed by atoms with Crippen LogP contribution in [0.15, 0.2) is 23.2 Å². The van der Waals surface area contributed by atoms with Crippen molar-refractivity contribution in [2.45, 2.75) is 13.8 Å². The molecule has 0 saturated heterocycles. The number of nitrogens with two attached hydrogens (primary N) is 1. The van der Waals surface area contributed by atoms with Crippen LogP contribution in [0, 0.1) is 13.8 Å². The minimum Gasteiger partial charge on any atom is -0.383 e. The zero-order valence-electron chi connectivity index (χ0n) is 11.5. The molecule has 0 unspecified atom stereocenters. The smallest absolute Gasteiger partial charge is 0.200 e. The Morgan fingerprint density at radius 1 is 1.37 bits per heavy atom. The van der Waals surface area contributed by atoms with E-state index in [1.54, 1.807) is 7.11 Å². The van der Waals surface area contributed by atoms with E-state index in [1.807, 2.05) is 32.0 Å². The van der Waals surface area contributed by atoms with Crippen LogP contribution in [0.2, 0.25) is 0 Å². The van der Waals surface area contributed by atoms with Crippen LogP contribution in [0.3, 0.4) is 0 Å². The Morgan fingerprint density at radius 2 is 2.00 bits per heavy atom. The van der Waals surface area contributed by atoms with E-state index in [9.17, 15) is 0 Å². The summed E-state index contributed by atoms with van der Waals surface area (Å²) in [7, 11) is 1.63. The maximum absolute atomic E-state index is 5.83. The molecule has 6 heteroatoms. The summed E-state index contributed by atoms with van der Waals surface area (Å²) in [5.41, 5.74) is 9.01. The number of anilines is 1. The Kier molecular flexibility index (Phi) is 6.24. The quantitative estimate of drug-likeness (QED) is 0.338. The summed E-state index contributed by atoms with van der Waals surface area (Å²) in [4.78, 5) is 4.07. The number of aryl methyl sites for hydroxylation is 2. The Morgan fingerprint density at radius 3 is 2.58 bits per heavy atom. The number of aliphatic imine (C=N–C) groups is 1. The molecule has 0 aromatic heterocycles. The van der Waals surface area contributed by atoms with Crippen LogP contribution in [0.4, 0.5) is 5.69 Å². The largest absolute Gasteiger partial charge is 0.383 e. The van der Waals surface area contributed by atoms with Gasteiger partial charge in [0.2, 0.25) is 5.96 Å². The average Bonchev–Trinajstić information content (AvgIpc) is 2.34. The first kappa shape index (κ1) is 15.4. The van der Waals surface area contributed by atoms with E-state index >= 15 is 0 Å². The van der Waals surface area contributed by atoms with Gasteiger partial charge in [0.1, 0.15) is 0 Å². The molecule has 0 spiro atoms. The summed E-state index contributed by atoms with van der Waals surface area (Å²) < 4.78 is 4.91. The second kappa shape index (κ2) is 7.70. The first-order chi connectivity index (χ1) is 9.04. The molecule has 104 valence electrons. The predicted octanol–water partition coefficient (Wildman–Crippen LogP) is 1.55. The average molecular weight is 280 g/mol. The summed E-state index contributed by atoms with van der Waals surface area (Å²) in [6.07, 6.45) is 0. The number of thiocarbonyl (C=S) groups is 1. The van der Waals surface area contributed by atoms with Crippen molar-refractivity contribution in [2.24, 2.45) is 10.7 Å². The lowest BCUT2D eigenvalue weighted by atomic mass is 10.1. The lowest BCUT2D eigenvalue weighted by Crippen LogP contribution is -2.30. The van der Waals surface area contributed by atoms with E-state index in [0.29, 0.717) is 18.3 Å². The highest BCUT2D eigenvalue weighted by Crippen LogP contribution is 2.18. The summed E-state index contributed by atoms with van der Waals surface area (Å²) in [5.74, 6) is 0.271. The molecule has 1 aromatic rings. The molecule has 0 aliphatic rings. The van der Waals surface area contributed by atoms with Crippen molar-refractivity contribution in [3.8, 4) is 0 Å². The van der Waals surface area contributed by atoms with Gasteiger partial charge in [0.05, 0.1) is 6.61 Å². The summed E-state index contributed by atoms with van der Waals surface area (Å²) in [6, 6.07) is 6.02. The highest BCUT2D eigenvalue weighted by molar-refractivity contribution is 7.80. The van der Waals surface area contributed by atoms with Crippen molar-refractivity contribution in [3.63, 3.8) is 0 Å². The molecular formula is C13H20N4OS. The number of para-hydroxylation sites is 1. The van der Waals surface area contributed by atoms with Crippen LogP contribution in [0.25, 0.3) is 0 Å². The SMILES string of the molecule is COCCNC(=S)N=C(N)Nc1c(C)cccc1C. The van der Waals surface area contributed by atoms with Gasteiger partial charge in [0, 0.05) is 19.3 Å². The highest BCUT2D eigenvalue weighted by atomic mass is 32.1. The fourth-order valence-electron chi connectivity index (χ4n) is 1.58. The number of nitrogens with one attached hydrogen (secondary N) is 2. The first-order valence-corrected chi connectivity index (χ1v) is 6.39. The van der Waals surface area contributed by atoms with Gasteiger partial charge in [0.25, 0.3) is 0 Å². The second-order valence-corrected chi connectivity index (χ2v) is 4.50. The van der Waals surface area contributed by atoms with E-state index in [1.165, 1.54) is 0 Å². The summed E-state index contributed by atoms with van der Waals surface area (Å²) in [5, 5.41) is 6.34. The molecule has 1 rings (SSSR count). The molecule has 19 heavy (non-hydrogen) atoms. The monoisotopic (exact) mass is 280 g/mol. The van der Waals surface area contributed by atoms with Crippen LogP contribution in [-0.2, 0) is 4.74 Å². The fourth-order valence-corrected chi connectivity index (χ4v) is 1.78. The third-order valence-corrected chi connectivity index (χ3v) is 2.77. The van der Waals surface area contributed by atoms with Crippen molar-refractivity contribution >= 4 is 29.0 Å². The lowest BCUT2D eigenvalue weighted by Gasteiger charge is -2.12. The van der Waals surface area contributed by atoms with Crippen molar-refractivity contribution in [3.05, 3.63) is 29.3 Å². The summed E-state index contributed by atoms with van der Waals surface area (Å²) in [6.45, 7) is 5.20. The third kappa shape index (κ3) is 5.23. The Bertz CT molecular complexity index is 453. The van der Waals surface area contributed by atoms with E-state index in [4.69, 9.17) is 22.7 Å². The molecule has 0 heterocycles. The van der Waals surface area contributed by atoms with Crippen LogP contribution in [-0.4, -0.2) is 31.3 Å². The molecule has 4 N–H and O–H groups in total. The molecule has 0 radical (unpaired) electrons. The number of hydrogen-bond acceptors (Lipinski definition) is 2. The van der Waals surface area contributed by atoms with Gasteiger partial charge < -0.3 is 21.1 Å². The number of nitrogens with zero attached hydrogens (tertiary/aromatic N) is 1. The molecule has 0 fully saturated rings. The van der Waals surface area contributed by atoms with Crippen LogP contribution in [0.1, 0.15) is 11.1 Å². The van der Waals surface area contributed by atoms with E-state index in [-0.39, 0.29) is 5.96 Å². The molecule has 5 nitrogen and oxygen atoms in total. The molecule has 0 saturated carbocycles. The van der Waals surface area contributed by atoms with Gasteiger partial charge in [0.15, 0.2) is 5.11 Å². The minimum atomic E-state index is 0.271. The minimum absolute atomic E-state index is 0.271. The number of benzene rings is 1. The number of rotatable bonds is 4. The number of guanidine groups is 1. The standard InChI is InChI=1S/C13H20N4OS/c1-9-5-4-6-10(2)11(9)16-12(14)17-13(19)15-7-8-18-3/h4-6H,7-8H2,1-3H3,(H4,14,15,16,17,19). The molecule has 1 aromatic carbocycles. The van der Waals surface area contributed by atoms with E-state index in [2.05, 4.69) is 15.6 Å². The lowest BCUT2D eigenvalue weighted by molar-refractivity contribution is 0.204. The third-order valence-electron chi connectivity index (χ3n) is 2.54. The molecule has 0 bridgehead atoms. The first-order valence-electron chi connectivity index (χ1n) is 5.98. The maximum Gasteiger partial charge on any atom is 0.200 e. The number of methoxy groups -OCH3 is 1. The summed E-state index contributed by atoms with van der Waals surface area (Å²) >= 11 is 5.05. The van der Waals surface area contributed by atoms with Crippen molar-refractivity contribution < 1.29 is 4.74 Å². The zero-order chi connectivity index (χ0) is 14.3. The van der Waals surface area contributed by atoms with Gasteiger partial charge in [-0.3, -0.25) is 0 Å². The van der Waals surface area contributed by atoms with Gasteiger partial charge in [-0.25, -0.2) is 0 Å². The molecule has 0 aliphatic carbocycles. The van der Waals surface area contributed by atoms with Crippen molar-refractivity contribution in [1.29, 1.82) is 0 Å². The topological polar surface area (TPSA) is 71.7 Å². The molecule has 0 amide bonds. The Balaban J connectivity index is 2.63. The maximum atomic E-state index is 5.83. The molecule has 0 aliphatic heterocycles. The zero-order valence-corrected chi connectivity index (χ0v) is 12.3. The van der Waals surface area contributed by atoms with Gasteiger partial charge in [-0.2, -0.15) is 4.99 Å². The Hall–Kier alpha value is -1.66. The van der Waals surface area contributed by atoms with Crippen molar-refractivity contribution in [1.82, 2.24) is 5.32 Å². The number of hydrogen-bond donors (Lipinski definition) is 3. The van der Waals surface area contributed by atoms with Gasteiger partial charge in [-0.05, 0) is 37.2 Å². The second-order valence-electron chi connectivity index (χ2n) is 4.11. The highest BCUT2D eigenvalue weighted by Gasteiger charge is 2.03. The normalized spacial score (nSPS) is 11.2. The molecular weight excluding hydrogens is 260 g/mol. The van der Waals surface area contributed by atoms with Gasteiger partial charge in [-0.1, -0.05) is 18.2 Å². The van der Waals surface area contributed by atoms with Crippen LogP contribution in [0.5, 0.6) is 0 Å². The van der Waals surface area contributed by atoms with Crippen molar-refractivity contribution in [2.75, 3.05) is 25.6 Å². The number of ether oxygens (including phenoxy) is 1. The van der Waals surface area contributed by atoms with Gasteiger partial charge in [-0.15, -0.1) is 0 Å². The predicted molar refractivity (Wildman–Crippen MR) is 83.6 cm³/mol. The fraction of sp³-hybridized carbons (Fsp3) is 0.385. The Labute approximate surface area is 119 Å². The van der Waals surface area contributed by atoms with E-state index in [0.717, 1.165) is 16.8 Å². The molecule has 0 atom stereocenters. The van der Waals surface area contributed by atoms with E-state index < -0.39 is 0 Å². The van der Waals surface area contributed by atoms with Crippen LogP contribution >= 0.6 is 12.2 Å². The van der Waals surface area contributed by atoms with Crippen LogP contribution < -0.4 is 16.4 Å². The van der Waals surface area contributed by atoms with Gasteiger partial charge >= 0.3 is 0 Å².